The van der Waals surface area contributed by atoms with Crippen LogP contribution >= 0.6 is 0 Å². The van der Waals surface area contributed by atoms with Gasteiger partial charge in [-0.3, -0.25) is 14.4 Å². The summed E-state index contributed by atoms with van der Waals surface area (Å²) >= 11 is 0. The maximum absolute atomic E-state index is 12.9. The van der Waals surface area contributed by atoms with Crippen molar-refractivity contribution in [2.24, 2.45) is 0 Å². The van der Waals surface area contributed by atoms with Gasteiger partial charge in [0.2, 0.25) is 23.1 Å². The van der Waals surface area contributed by atoms with Crippen LogP contribution in [0.15, 0.2) is 36.4 Å². The number of fused-ring (bicyclic) bond motifs is 1. The Bertz CT molecular complexity index is 895. The number of Topliss-reactive ketones (excluding diaryl/α,β-unsaturated/α-hetero) is 2. The van der Waals surface area contributed by atoms with Crippen LogP contribution in [0.25, 0.3) is 0 Å². The number of hydrogen-bond acceptors (Lipinski definition) is 4. The molecule has 0 spiro atoms. The number of ketones is 2. The van der Waals surface area contributed by atoms with Gasteiger partial charge in [-0.1, -0.05) is 31.2 Å². The molecule has 0 aromatic heterocycles. The number of aliphatic hydroxyl groups is 1. The molecule has 3 rings (SSSR count). The summed E-state index contributed by atoms with van der Waals surface area (Å²) in [4.78, 5) is 37.9. The maximum atomic E-state index is 12.9. The highest BCUT2D eigenvalue weighted by atomic mass is 16.3. The molecule has 0 fully saturated rings. The first-order chi connectivity index (χ1) is 12.3. The fourth-order valence-corrected chi connectivity index (χ4v) is 3.28. The molecule has 134 valence electrons. The first-order valence-electron chi connectivity index (χ1n) is 8.63. The molecular formula is C21H21NO4. The molecule has 1 aliphatic rings. The van der Waals surface area contributed by atoms with E-state index in [0.717, 1.165) is 11.1 Å². The summed E-state index contributed by atoms with van der Waals surface area (Å²) in [6.07, 6.45) is 0.979. The largest absolute Gasteiger partial charge is 0.370 e. The molecule has 0 unspecified atom stereocenters. The van der Waals surface area contributed by atoms with Crippen LogP contribution in [0.3, 0.4) is 0 Å². The van der Waals surface area contributed by atoms with Crippen molar-refractivity contribution in [3.63, 3.8) is 0 Å². The lowest BCUT2D eigenvalue weighted by Gasteiger charge is -2.24. The topological polar surface area (TPSA) is 83.5 Å². The zero-order valence-electron chi connectivity index (χ0n) is 15.1. The number of nitrogens with one attached hydrogen (secondary N) is 1. The van der Waals surface area contributed by atoms with E-state index in [1.54, 1.807) is 24.3 Å². The van der Waals surface area contributed by atoms with Crippen molar-refractivity contribution in [2.75, 3.05) is 5.32 Å². The van der Waals surface area contributed by atoms with Gasteiger partial charge in [0.05, 0.1) is 0 Å². The van der Waals surface area contributed by atoms with E-state index in [1.165, 1.54) is 12.1 Å². The molecule has 0 radical (unpaired) electrons. The van der Waals surface area contributed by atoms with Crippen molar-refractivity contribution in [3.8, 4) is 0 Å². The summed E-state index contributed by atoms with van der Waals surface area (Å²) in [7, 11) is 0. The molecule has 0 atom stereocenters. The van der Waals surface area contributed by atoms with Gasteiger partial charge in [-0.2, -0.15) is 0 Å². The van der Waals surface area contributed by atoms with Crippen LogP contribution in [0, 0.1) is 13.8 Å². The van der Waals surface area contributed by atoms with Gasteiger partial charge in [0.25, 0.3) is 0 Å². The molecule has 2 N–H and O–H groups in total. The van der Waals surface area contributed by atoms with E-state index in [1.807, 2.05) is 20.8 Å². The molecular weight excluding hydrogens is 330 g/mol. The predicted molar refractivity (Wildman–Crippen MR) is 98.5 cm³/mol. The molecule has 5 heteroatoms. The van der Waals surface area contributed by atoms with Crippen molar-refractivity contribution < 1.29 is 19.5 Å². The van der Waals surface area contributed by atoms with E-state index < -0.39 is 17.2 Å². The third-order valence-electron chi connectivity index (χ3n) is 4.85. The minimum Gasteiger partial charge on any atom is -0.370 e. The zero-order valence-corrected chi connectivity index (χ0v) is 15.1. The van der Waals surface area contributed by atoms with Gasteiger partial charge in [-0.25, -0.2) is 0 Å². The van der Waals surface area contributed by atoms with Gasteiger partial charge < -0.3 is 10.4 Å². The lowest BCUT2D eigenvalue weighted by atomic mass is 9.85. The molecule has 1 amide bonds. The van der Waals surface area contributed by atoms with Crippen LogP contribution < -0.4 is 5.32 Å². The van der Waals surface area contributed by atoms with Gasteiger partial charge in [-0.15, -0.1) is 0 Å². The van der Waals surface area contributed by atoms with Gasteiger partial charge in [0.1, 0.15) is 0 Å². The molecule has 1 aliphatic carbocycles. The fraction of sp³-hybridized carbons (Fsp3) is 0.286. The fourth-order valence-electron chi connectivity index (χ4n) is 3.28. The predicted octanol–water partition coefficient (Wildman–Crippen LogP) is 3.31. The number of amides is 1. The Morgan fingerprint density at radius 2 is 1.58 bits per heavy atom. The van der Waals surface area contributed by atoms with E-state index in [9.17, 15) is 19.5 Å². The molecule has 5 nitrogen and oxygen atoms in total. The molecule has 26 heavy (non-hydrogen) atoms. The van der Waals surface area contributed by atoms with E-state index in [2.05, 4.69) is 5.32 Å². The molecule has 0 bridgehead atoms. The highest BCUT2D eigenvalue weighted by Crippen LogP contribution is 2.41. The standard InChI is InChI=1S/C21H21NO4/c1-4-7-18(23)22-17-11-13(3)12(2)10-16(17)21(26)19(24)14-8-5-6-9-15(14)20(21)25/h5-6,8-11,26H,4,7H2,1-3H3,(H,22,23). The van der Waals surface area contributed by atoms with E-state index in [4.69, 9.17) is 0 Å². The van der Waals surface area contributed by atoms with Crippen molar-refractivity contribution in [1.29, 1.82) is 0 Å². The molecule has 0 heterocycles. The lowest BCUT2D eigenvalue weighted by Crippen LogP contribution is -2.39. The molecule has 0 saturated carbocycles. The number of rotatable bonds is 4. The van der Waals surface area contributed by atoms with E-state index in [0.29, 0.717) is 18.5 Å². The van der Waals surface area contributed by atoms with E-state index in [-0.39, 0.29) is 22.6 Å². The number of carbonyl (C=O) groups excluding carboxylic acids is 3. The maximum Gasteiger partial charge on any atom is 0.224 e. The van der Waals surface area contributed by atoms with Crippen LogP contribution in [0.1, 0.15) is 57.2 Å². The smallest absolute Gasteiger partial charge is 0.224 e. The van der Waals surface area contributed by atoms with Crippen LogP contribution in [0.2, 0.25) is 0 Å². The van der Waals surface area contributed by atoms with Crippen molar-refractivity contribution in [3.05, 3.63) is 64.2 Å². The first-order valence-corrected chi connectivity index (χ1v) is 8.63. The van der Waals surface area contributed by atoms with Gasteiger partial charge >= 0.3 is 0 Å². The Balaban J connectivity index is 2.17. The third kappa shape index (κ3) is 2.65. The van der Waals surface area contributed by atoms with Gasteiger partial charge in [0.15, 0.2) is 0 Å². The minimum atomic E-state index is -2.32. The zero-order chi connectivity index (χ0) is 19.1. The molecule has 2 aromatic rings. The van der Waals surface area contributed by atoms with Crippen LogP contribution in [0.5, 0.6) is 0 Å². The average Bonchev–Trinajstić information content (AvgIpc) is 2.81. The second-order valence-electron chi connectivity index (χ2n) is 6.69. The Labute approximate surface area is 152 Å². The summed E-state index contributed by atoms with van der Waals surface area (Å²) < 4.78 is 0. The number of anilines is 1. The van der Waals surface area contributed by atoms with Crippen molar-refractivity contribution in [2.45, 2.75) is 39.2 Å². The monoisotopic (exact) mass is 351 g/mol. The normalized spacial score (nSPS) is 15.1. The molecule has 0 aliphatic heterocycles. The van der Waals surface area contributed by atoms with Crippen LogP contribution in [-0.4, -0.2) is 22.6 Å². The molecule has 2 aromatic carbocycles. The van der Waals surface area contributed by atoms with Gasteiger partial charge in [0, 0.05) is 28.8 Å². The average molecular weight is 351 g/mol. The number of hydrogen-bond donors (Lipinski definition) is 2. The first kappa shape index (κ1) is 18.0. The van der Waals surface area contributed by atoms with E-state index >= 15 is 0 Å². The SMILES string of the molecule is CCCC(=O)Nc1cc(C)c(C)cc1C1(O)C(=O)c2ccccc2C1=O. The quantitative estimate of drug-likeness (QED) is 0.828. The Hall–Kier alpha value is -2.79. The summed E-state index contributed by atoms with van der Waals surface area (Å²) in [6, 6.07) is 9.67. The third-order valence-corrected chi connectivity index (χ3v) is 4.85. The highest BCUT2D eigenvalue weighted by molar-refractivity contribution is 6.32. The Morgan fingerprint density at radius 3 is 2.12 bits per heavy atom. The summed E-state index contributed by atoms with van der Waals surface area (Å²) in [5.74, 6) is -1.55. The Morgan fingerprint density at radius 1 is 1.04 bits per heavy atom. The molecule has 0 saturated heterocycles. The summed E-state index contributed by atoms with van der Waals surface area (Å²) in [6.45, 7) is 5.58. The Kier molecular flexibility index (Phi) is 4.50. The van der Waals surface area contributed by atoms with Gasteiger partial charge in [-0.05, 0) is 43.5 Å². The van der Waals surface area contributed by atoms with Crippen LogP contribution in [0.4, 0.5) is 5.69 Å². The minimum absolute atomic E-state index is 0.122. The second-order valence-corrected chi connectivity index (χ2v) is 6.69. The number of aryl methyl sites for hydroxylation is 2. The van der Waals surface area contributed by atoms with Crippen molar-refractivity contribution in [1.82, 2.24) is 0 Å². The highest BCUT2D eigenvalue weighted by Gasteiger charge is 2.54. The van der Waals surface area contributed by atoms with Crippen molar-refractivity contribution >= 4 is 23.2 Å². The number of carbonyl (C=O) groups is 3. The van der Waals surface area contributed by atoms with Crippen LogP contribution in [-0.2, 0) is 10.4 Å². The summed E-state index contributed by atoms with van der Waals surface area (Å²) in [5.41, 5.74) is 0.197. The number of benzene rings is 2. The lowest BCUT2D eigenvalue weighted by molar-refractivity contribution is -0.116. The second kappa shape index (κ2) is 6.50. The summed E-state index contributed by atoms with van der Waals surface area (Å²) in [5, 5.41) is 14.0.